The second kappa shape index (κ2) is 5.07. The summed E-state index contributed by atoms with van der Waals surface area (Å²) in [5, 5.41) is 10.8. The Morgan fingerprint density at radius 2 is 1.76 bits per heavy atom. The van der Waals surface area contributed by atoms with E-state index in [1.54, 1.807) is 12.1 Å². The zero-order valence-corrected chi connectivity index (χ0v) is 12.2. The summed E-state index contributed by atoms with van der Waals surface area (Å²) < 4.78 is 13.0. The van der Waals surface area contributed by atoms with Crippen molar-refractivity contribution in [1.82, 2.24) is 9.97 Å². The van der Waals surface area contributed by atoms with E-state index in [9.17, 15) is 9.50 Å². The fraction of sp³-hybridized carbons (Fsp3) is 0.375. The molecule has 1 aromatic carbocycles. The van der Waals surface area contributed by atoms with E-state index in [-0.39, 0.29) is 5.82 Å². The van der Waals surface area contributed by atoms with Crippen LogP contribution in [-0.4, -0.2) is 28.2 Å². The number of aryl methyl sites for hydroxylation is 2. The SMILES string of the molecule is Cc1cc(C)nc(N2CCC(O)(c3ccc(F)cc3)C2)n1. The molecule has 1 aromatic heterocycles. The summed E-state index contributed by atoms with van der Waals surface area (Å²) in [4.78, 5) is 10.8. The molecule has 0 spiro atoms. The second-order valence-electron chi connectivity index (χ2n) is 5.66. The van der Waals surface area contributed by atoms with Crippen LogP contribution in [0.3, 0.4) is 0 Å². The van der Waals surface area contributed by atoms with Crippen molar-refractivity contribution in [1.29, 1.82) is 0 Å². The number of β-amino-alcohol motifs (C(OH)–C–C–N with tert-alkyl or cyclic N) is 1. The maximum Gasteiger partial charge on any atom is 0.225 e. The topological polar surface area (TPSA) is 49.2 Å². The molecular formula is C16H18FN3O. The van der Waals surface area contributed by atoms with E-state index in [1.807, 2.05) is 24.8 Å². The van der Waals surface area contributed by atoms with Gasteiger partial charge in [-0.3, -0.25) is 0 Å². The van der Waals surface area contributed by atoms with Gasteiger partial charge in [-0.05, 0) is 44.0 Å². The van der Waals surface area contributed by atoms with Crippen LogP contribution < -0.4 is 4.90 Å². The van der Waals surface area contributed by atoms with Gasteiger partial charge >= 0.3 is 0 Å². The van der Waals surface area contributed by atoms with Gasteiger partial charge in [0, 0.05) is 17.9 Å². The van der Waals surface area contributed by atoms with Crippen LogP contribution in [0, 0.1) is 19.7 Å². The molecule has 110 valence electrons. The van der Waals surface area contributed by atoms with E-state index in [1.165, 1.54) is 12.1 Å². The van der Waals surface area contributed by atoms with Gasteiger partial charge in [-0.1, -0.05) is 12.1 Å². The third-order valence-corrected chi connectivity index (χ3v) is 3.88. The summed E-state index contributed by atoms with van der Waals surface area (Å²) >= 11 is 0. The van der Waals surface area contributed by atoms with Crippen molar-refractivity contribution in [3.8, 4) is 0 Å². The highest BCUT2D eigenvalue weighted by molar-refractivity contribution is 5.38. The first-order chi connectivity index (χ1) is 9.96. The predicted octanol–water partition coefficient (Wildman–Crippen LogP) is 2.33. The molecule has 0 bridgehead atoms. The van der Waals surface area contributed by atoms with Crippen molar-refractivity contribution >= 4 is 5.95 Å². The van der Waals surface area contributed by atoms with Gasteiger partial charge in [0.05, 0.1) is 6.54 Å². The Hall–Kier alpha value is -2.01. The average molecular weight is 287 g/mol. The number of benzene rings is 1. The van der Waals surface area contributed by atoms with Crippen molar-refractivity contribution in [2.45, 2.75) is 25.9 Å². The van der Waals surface area contributed by atoms with Gasteiger partial charge in [0.2, 0.25) is 5.95 Å². The summed E-state index contributed by atoms with van der Waals surface area (Å²) in [6, 6.07) is 7.96. The van der Waals surface area contributed by atoms with Crippen LogP contribution in [0.25, 0.3) is 0 Å². The van der Waals surface area contributed by atoms with Gasteiger partial charge in [0.15, 0.2) is 0 Å². The van der Waals surface area contributed by atoms with E-state index < -0.39 is 5.60 Å². The summed E-state index contributed by atoms with van der Waals surface area (Å²) in [6.45, 7) is 4.96. The molecule has 5 heteroatoms. The Kier molecular flexibility index (Phi) is 3.37. The molecule has 1 saturated heterocycles. The van der Waals surface area contributed by atoms with Crippen molar-refractivity contribution < 1.29 is 9.50 Å². The third-order valence-electron chi connectivity index (χ3n) is 3.88. The molecule has 2 heterocycles. The number of nitrogens with zero attached hydrogens (tertiary/aromatic N) is 3. The number of aliphatic hydroxyl groups is 1. The highest BCUT2D eigenvalue weighted by Crippen LogP contribution is 2.33. The van der Waals surface area contributed by atoms with E-state index in [0.717, 1.165) is 17.0 Å². The average Bonchev–Trinajstić information content (AvgIpc) is 2.82. The summed E-state index contributed by atoms with van der Waals surface area (Å²) in [7, 11) is 0. The van der Waals surface area contributed by atoms with Crippen molar-refractivity contribution in [3.05, 3.63) is 53.1 Å². The van der Waals surface area contributed by atoms with Crippen LogP contribution in [0.4, 0.5) is 10.3 Å². The summed E-state index contributed by atoms with van der Waals surface area (Å²) in [5.74, 6) is 0.348. The van der Waals surface area contributed by atoms with E-state index in [0.29, 0.717) is 25.5 Å². The molecule has 1 aliphatic heterocycles. The van der Waals surface area contributed by atoms with Crippen LogP contribution in [0.5, 0.6) is 0 Å². The summed E-state index contributed by atoms with van der Waals surface area (Å²) in [6.07, 6.45) is 0.578. The van der Waals surface area contributed by atoms with Gasteiger partial charge in [-0.25, -0.2) is 14.4 Å². The molecule has 4 nitrogen and oxygen atoms in total. The highest BCUT2D eigenvalue weighted by atomic mass is 19.1. The first-order valence-corrected chi connectivity index (χ1v) is 7.02. The maximum atomic E-state index is 13.0. The van der Waals surface area contributed by atoms with Crippen molar-refractivity contribution in [2.24, 2.45) is 0 Å². The van der Waals surface area contributed by atoms with E-state index in [4.69, 9.17) is 0 Å². The van der Waals surface area contributed by atoms with Gasteiger partial charge < -0.3 is 10.0 Å². The lowest BCUT2D eigenvalue weighted by Crippen LogP contribution is -2.31. The van der Waals surface area contributed by atoms with Crippen LogP contribution >= 0.6 is 0 Å². The van der Waals surface area contributed by atoms with Crippen LogP contribution in [0.1, 0.15) is 23.4 Å². The molecule has 0 saturated carbocycles. The Bertz CT molecular complexity index is 639. The van der Waals surface area contributed by atoms with Crippen LogP contribution in [0.15, 0.2) is 30.3 Å². The molecular weight excluding hydrogens is 269 g/mol. The molecule has 1 unspecified atom stereocenters. The lowest BCUT2D eigenvalue weighted by Gasteiger charge is -2.24. The minimum atomic E-state index is -0.977. The first kappa shape index (κ1) is 13.9. The molecule has 21 heavy (non-hydrogen) atoms. The molecule has 0 aliphatic carbocycles. The zero-order valence-electron chi connectivity index (χ0n) is 12.2. The number of hydrogen-bond donors (Lipinski definition) is 1. The molecule has 1 fully saturated rings. The first-order valence-electron chi connectivity index (χ1n) is 7.02. The van der Waals surface area contributed by atoms with Crippen molar-refractivity contribution in [2.75, 3.05) is 18.0 Å². The number of anilines is 1. The van der Waals surface area contributed by atoms with E-state index >= 15 is 0 Å². The molecule has 3 rings (SSSR count). The molecule has 1 aliphatic rings. The fourth-order valence-electron chi connectivity index (χ4n) is 2.81. The smallest absolute Gasteiger partial charge is 0.225 e. The molecule has 0 radical (unpaired) electrons. The largest absolute Gasteiger partial charge is 0.383 e. The van der Waals surface area contributed by atoms with Crippen LogP contribution in [0.2, 0.25) is 0 Å². The minimum absolute atomic E-state index is 0.296. The lowest BCUT2D eigenvalue weighted by molar-refractivity contribution is 0.0605. The maximum absolute atomic E-state index is 13.0. The monoisotopic (exact) mass is 287 g/mol. The number of rotatable bonds is 2. The van der Waals surface area contributed by atoms with Gasteiger partial charge in [-0.15, -0.1) is 0 Å². The third kappa shape index (κ3) is 2.74. The zero-order chi connectivity index (χ0) is 15.0. The van der Waals surface area contributed by atoms with Gasteiger partial charge in [0.1, 0.15) is 11.4 Å². The Balaban J connectivity index is 1.85. The molecule has 0 amide bonds. The van der Waals surface area contributed by atoms with Crippen LogP contribution in [-0.2, 0) is 5.60 Å². The Morgan fingerprint density at radius 3 is 2.38 bits per heavy atom. The number of hydrogen-bond acceptors (Lipinski definition) is 4. The van der Waals surface area contributed by atoms with E-state index in [2.05, 4.69) is 9.97 Å². The quantitative estimate of drug-likeness (QED) is 0.921. The Morgan fingerprint density at radius 1 is 1.14 bits per heavy atom. The Labute approximate surface area is 123 Å². The molecule has 1 N–H and O–H groups in total. The van der Waals surface area contributed by atoms with Gasteiger partial charge in [0.25, 0.3) is 0 Å². The standard InChI is InChI=1S/C16H18FN3O/c1-11-9-12(2)19-15(18-11)20-8-7-16(21,10-20)13-3-5-14(17)6-4-13/h3-6,9,21H,7-8,10H2,1-2H3. The van der Waals surface area contributed by atoms with Crippen molar-refractivity contribution in [3.63, 3.8) is 0 Å². The number of aromatic nitrogens is 2. The second-order valence-corrected chi connectivity index (χ2v) is 5.66. The normalized spacial score (nSPS) is 21.8. The minimum Gasteiger partial charge on any atom is -0.383 e. The fourth-order valence-corrected chi connectivity index (χ4v) is 2.81. The lowest BCUT2D eigenvalue weighted by atomic mass is 9.93. The summed E-state index contributed by atoms with van der Waals surface area (Å²) in [5.41, 5.74) is 1.58. The van der Waals surface area contributed by atoms with Gasteiger partial charge in [-0.2, -0.15) is 0 Å². The molecule has 1 atom stereocenters. The number of halogens is 1. The highest BCUT2D eigenvalue weighted by Gasteiger charge is 2.38. The predicted molar refractivity (Wildman–Crippen MR) is 78.6 cm³/mol. The molecule has 2 aromatic rings.